The van der Waals surface area contributed by atoms with Crippen LogP contribution in [0.15, 0.2) is 0 Å². The second kappa shape index (κ2) is 7.94. The number of carbonyl (C=O) groups excluding carboxylic acids is 1. The summed E-state index contributed by atoms with van der Waals surface area (Å²) in [5.74, 6) is 0.688. The largest absolute Gasteiger partial charge is 0.339 e. The topological polar surface area (TPSA) is 20.3 Å². The van der Waals surface area contributed by atoms with Gasteiger partial charge in [0.25, 0.3) is 0 Å². The zero-order valence-corrected chi connectivity index (χ0v) is 11.9. The lowest BCUT2D eigenvalue weighted by Gasteiger charge is -2.34. The Balaban J connectivity index is 3.80. The Morgan fingerprint density at radius 3 is 2.25 bits per heavy atom. The third kappa shape index (κ3) is 5.74. The number of hydrogen-bond donors (Lipinski definition) is 0. The number of nitrogens with zero attached hydrogens (tertiary/aromatic N) is 1. The molecule has 0 heterocycles. The number of unbranched alkanes of at least 4 members (excludes halogenated alkanes) is 4. The second-order valence-electron chi connectivity index (χ2n) is 5.06. The predicted octanol–water partition coefficient (Wildman–Crippen LogP) is 3.82. The fraction of sp³-hybridized carbons (Fsp3) is 0.923. The Bertz CT molecular complexity index is 204. The summed E-state index contributed by atoms with van der Waals surface area (Å²) in [4.78, 5) is 13.6. The van der Waals surface area contributed by atoms with Crippen LogP contribution in [-0.4, -0.2) is 29.3 Å². The number of rotatable bonds is 8. The molecule has 0 spiro atoms. The molecule has 0 aliphatic heterocycles. The van der Waals surface area contributed by atoms with Crippen molar-refractivity contribution in [3.63, 3.8) is 0 Å². The first kappa shape index (κ1) is 15.8. The zero-order valence-electron chi connectivity index (χ0n) is 11.2. The Labute approximate surface area is 105 Å². The van der Waals surface area contributed by atoms with Crippen molar-refractivity contribution in [2.75, 3.05) is 12.9 Å². The molecule has 0 bridgehead atoms. The third-order valence-electron chi connectivity index (χ3n) is 3.10. The van der Waals surface area contributed by atoms with Crippen LogP contribution in [0.25, 0.3) is 0 Å². The number of halogens is 1. The summed E-state index contributed by atoms with van der Waals surface area (Å²) in [6.45, 7) is 6.19. The molecule has 0 N–H and O–H groups in total. The van der Waals surface area contributed by atoms with E-state index in [-0.39, 0.29) is 11.4 Å². The number of amides is 1. The molecule has 3 heteroatoms. The highest BCUT2D eigenvalue weighted by Gasteiger charge is 2.25. The Morgan fingerprint density at radius 2 is 1.75 bits per heavy atom. The molecule has 0 aromatic rings. The van der Waals surface area contributed by atoms with Crippen LogP contribution in [0.3, 0.4) is 0 Å². The van der Waals surface area contributed by atoms with Gasteiger partial charge in [-0.15, -0.1) is 11.6 Å². The van der Waals surface area contributed by atoms with Crippen LogP contribution in [0.4, 0.5) is 0 Å². The van der Waals surface area contributed by atoms with Crippen LogP contribution in [0.5, 0.6) is 0 Å². The Kier molecular flexibility index (Phi) is 7.82. The lowest BCUT2D eigenvalue weighted by molar-refractivity contribution is -0.134. The summed E-state index contributed by atoms with van der Waals surface area (Å²) in [7, 11) is 1.84. The van der Waals surface area contributed by atoms with Gasteiger partial charge in [-0.3, -0.25) is 4.79 Å². The standard InChI is InChI=1S/C13H26ClNO/c1-5-6-7-8-9-10-12(16)15(4)13(2,3)11-14/h5-11H2,1-4H3. The smallest absolute Gasteiger partial charge is 0.222 e. The van der Waals surface area contributed by atoms with Gasteiger partial charge >= 0.3 is 0 Å². The molecule has 0 saturated heterocycles. The highest BCUT2D eigenvalue weighted by Crippen LogP contribution is 2.16. The minimum Gasteiger partial charge on any atom is -0.339 e. The lowest BCUT2D eigenvalue weighted by atomic mass is 10.0. The van der Waals surface area contributed by atoms with Gasteiger partial charge in [0, 0.05) is 19.3 Å². The maximum Gasteiger partial charge on any atom is 0.222 e. The summed E-state index contributed by atoms with van der Waals surface area (Å²) in [5.41, 5.74) is -0.234. The normalized spacial score (nSPS) is 11.6. The molecule has 0 saturated carbocycles. The molecule has 0 aromatic carbocycles. The molecule has 0 aromatic heterocycles. The number of hydrogen-bond acceptors (Lipinski definition) is 1. The lowest BCUT2D eigenvalue weighted by Crippen LogP contribution is -2.46. The summed E-state index contributed by atoms with van der Waals surface area (Å²) < 4.78 is 0. The van der Waals surface area contributed by atoms with Crippen molar-refractivity contribution in [2.45, 2.75) is 64.8 Å². The van der Waals surface area contributed by atoms with Crippen LogP contribution in [0, 0.1) is 0 Å². The third-order valence-corrected chi connectivity index (χ3v) is 3.76. The molecular formula is C13H26ClNO. The number of alkyl halides is 1. The van der Waals surface area contributed by atoms with Crippen LogP contribution in [-0.2, 0) is 4.79 Å². The monoisotopic (exact) mass is 247 g/mol. The molecular weight excluding hydrogens is 222 g/mol. The van der Waals surface area contributed by atoms with Crippen molar-refractivity contribution in [1.29, 1.82) is 0 Å². The highest BCUT2D eigenvalue weighted by atomic mass is 35.5. The van der Waals surface area contributed by atoms with Gasteiger partial charge in [-0.25, -0.2) is 0 Å². The van der Waals surface area contributed by atoms with Gasteiger partial charge in [0.05, 0.1) is 5.54 Å². The van der Waals surface area contributed by atoms with Crippen molar-refractivity contribution in [3.05, 3.63) is 0 Å². The SMILES string of the molecule is CCCCCCCC(=O)N(C)C(C)(C)CCl. The van der Waals surface area contributed by atoms with Gasteiger partial charge < -0.3 is 4.90 Å². The quantitative estimate of drug-likeness (QED) is 0.472. The van der Waals surface area contributed by atoms with E-state index >= 15 is 0 Å². The molecule has 0 atom stereocenters. The molecule has 0 radical (unpaired) electrons. The Hall–Kier alpha value is -0.240. The van der Waals surface area contributed by atoms with Gasteiger partial charge in [0.2, 0.25) is 5.91 Å². The molecule has 16 heavy (non-hydrogen) atoms. The minimum absolute atomic E-state index is 0.210. The van der Waals surface area contributed by atoms with Gasteiger partial charge in [-0.2, -0.15) is 0 Å². The van der Waals surface area contributed by atoms with E-state index in [0.717, 1.165) is 12.8 Å². The fourth-order valence-corrected chi connectivity index (χ4v) is 1.65. The van der Waals surface area contributed by atoms with Crippen molar-refractivity contribution in [1.82, 2.24) is 4.90 Å². The van der Waals surface area contributed by atoms with Crippen LogP contribution < -0.4 is 0 Å². The summed E-state index contributed by atoms with van der Waals surface area (Å²) in [5, 5.41) is 0. The minimum atomic E-state index is -0.234. The van der Waals surface area contributed by atoms with E-state index in [9.17, 15) is 4.79 Å². The molecule has 0 rings (SSSR count). The predicted molar refractivity (Wildman–Crippen MR) is 70.9 cm³/mol. The molecule has 1 amide bonds. The van der Waals surface area contributed by atoms with Crippen molar-refractivity contribution >= 4 is 17.5 Å². The van der Waals surface area contributed by atoms with Crippen LogP contribution >= 0.6 is 11.6 Å². The first-order valence-corrected chi connectivity index (χ1v) is 6.81. The molecule has 0 fully saturated rings. The van der Waals surface area contributed by atoms with Crippen LogP contribution in [0.1, 0.15) is 59.3 Å². The van der Waals surface area contributed by atoms with Gasteiger partial charge in [0.1, 0.15) is 0 Å². The summed E-state index contributed by atoms with van der Waals surface area (Å²) in [6, 6.07) is 0. The first-order chi connectivity index (χ1) is 7.45. The number of carbonyl (C=O) groups is 1. The van der Waals surface area contributed by atoms with Crippen molar-refractivity contribution < 1.29 is 4.79 Å². The van der Waals surface area contributed by atoms with Crippen molar-refractivity contribution in [2.24, 2.45) is 0 Å². The highest BCUT2D eigenvalue weighted by molar-refractivity contribution is 6.18. The second-order valence-corrected chi connectivity index (χ2v) is 5.33. The van der Waals surface area contributed by atoms with E-state index in [4.69, 9.17) is 11.6 Å². The maximum absolute atomic E-state index is 11.8. The molecule has 96 valence electrons. The van der Waals surface area contributed by atoms with E-state index in [1.165, 1.54) is 19.3 Å². The maximum atomic E-state index is 11.8. The zero-order chi connectivity index (χ0) is 12.6. The Morgan fingerprint density at radius 1 is 1.19 bits per heavy atom. The van der Waals surface area contributed by atoms with Gasteiger partial charge in [-0.05, 0) is 20.3 Å². The average Bonchev–Trinajstić information content (AvgIpc) is 2.27. The molecule has 0 unspecified atom stereocenters. The van der Waals surface area contributed by atoms with E-state index in [1.807, 2.05) is 20.9 Å². The van der Waals surface area contributed by atoms with E-state index in [1.54, 1.807) is 4.90 Å². The van der Waals surface area contributed by atoms with E-state index in [0.29, 0.717) is 12.3 Å². The summed E-state index contributed by atoms with van der Waals surface area (Å²) in [6.07, 6.45) is 6.58. The summed E-state index contributed by atoms with van der Waals surface area (Å²) >= 11 is 5.84. The average molecular weight is 248 g/mol. The van der Waals surface area contributed by atoms with Gasteiger partial charge in [0.15, 0.2) is 0 Å². The fourth-order valence-electron chi connectivity index (χ4n) is 1.47. The van der Waals surface area contributed by atoms with Crippen LogP contribution in [0.2, 0.25) is 0 Å². The first-order valence-electron chi connectivity index (χ1n) is 6.28. The molecule has 0 aliphatic rings. The molecule has 0 aliphatic carbocycles. The van der Waals surface area contributed by atoms with E-state index in [2.05, 4.69) is 6.92 Å². The van der Waals surface area contributed by atoms with Gasteiger partial charge in [-0.1, -0.05) is 32.6 Å². The van der Waals surface area contributed by atoms with Crippen molar-refractivity contribution in [3.8, 4) is 0 Å². The van der Waals surface area contributed by atoms with E-state index < -0.39 is 0 Å². The molecule has 2 nitrogen and oxygen atoms in total.